The van der Waals surface area contributed by atoms with E-state index in [9.17, 15) is 0 Å². The van der Waals surface area contributed by atoms with Gasteiger partial charge >= 0.3 is 0 Å². The van der Waals surface area contributed by atoms with E-state index in [1.165, 1.54) is 11.1 Å². The van der Waals surface area contributed by atoms with E-state index in [4.69, 9.17) is 0 Å². The molecule has 2 aromatic rings. The van der Waals surface area contributed by atoms with E-state index >= 15 is 0 Å². The summed E-state index contributed by atoms with van der Waals surface area (Å²) in [6.45, 7) is 11.6. The van der Waals surface area contributed by atoms with Gasteiger partial charge in [-0.3, -0.25) is 9.80 Å². The topological polar surface area (TPSA) is 6.25 Å². The lowest BCUT2D eigenvalue weighted by molar-refractivity contribution is 0.175. The molecule has 1 unspecified atom stereocenters. The predicted octanol–water partition coefficient (Wildman–Crippen LogP) is 4.34. The van der Waals surface area contributed by atoms with Gasteiger partial charge in [0.05, 0.1) is 0 Å². The first kappa shape index (κ1) is 16.9. The maximum Gasteiger partial charge on any atom is 0.0409 e. The minimum absolute atomic E-state index is 0.514. The molecule has 0 aliphatic carbocycles. The van der Waals surface area contributed by atoms with Crippen LogP contribution in [0.2, 0.25) is 0 Å². The van der Waals surface area contributed by atoms with Crippen LogP contribution >= 0.6 is 0 Å². The van der Waals surface area contributed by atoms with Crippen LogP contribution < -0.4 is 0 Å². The Kier molecular flexibility index (Phi) is 5.49. The minimum atomic E-state index is 0.514. The zero-order valence-corrected chi connectivity index (χ0v) is 14.8. The Morgan fingerprint density at radius 2 is 1.50 bits per heavy atom. The van der Waals surface area contributed by atoms with Gasteiger partial charge in [-0.05, 0) is 25.0 Å². The standard InChI is InChI=1S/C22H28N2/c1-4-15-24-19(3)22(24)18(2)23(16-20-11-7-5-8-12-20)17-21-13-9-6-10-14-21/h4-14,18-19,22H,1,15-17H2,2-3H3/t18-,19+,22+,24?/m1/s1. The van der Waals surface area contributed by atoms with Crippen LogP contribution in [0.15, 0.2) is 73.3 Å². The predicted molar refractivity (Wildman–Crippen MR) is 102 cm³/mol. The van der Waals surface area contributed by atoms with Gasteiger partial charge in [-0.15, -0.1) is 6.58 Å². The summed E-state index contributed by atoms with van der Waals surface area (Å²) in [5.41, 5.74) is 2.76. The van der Waals surface area contributed by atoms with Gasteiger partial charge in [0.25, 0.3) is 0 Å². The highest BCUT2D eigenvalue weighted by atomic mass is 15.4. The number of rotatable bonds is 8. The van der Waals surface area contributed by atoms with Crippen molar-refractivity contribution in [3.63, 3.8) is 0 Å². The van der Waals surface area contributed by atoms with Gasteiger partial charge in [0.2, 0.25) is 0 Å². The second-order valence-electron chi connectivity index (χ2n) is 6.83. The van der Waals surface area contributed by atoms with Gasteiger partial charge in [-0.25, -0.2) is 0 Å². The number of hydrogen-bond acceptors (Lipinski definition) is 2. The van der Waals surface area contributed by atoms with Gasteiger partial charge in [0.15, 0.2) is 0 Å². The van der Waals surface area contributed by atoms with Crippen LogP contribution in [0.4, 0.5) is 0 Å². The molecule has 1 aliphatic rings. The fourth-order valence-corrected chi connectivity index (χ4v) is 3.75. The van der Waals surface area contributed by atoms with Crippen LogP contribution in [0, 0.1) is 0 Å². The summed E-state index contributed by atoms with van der Waals surface area (Å²) in [6.07, 6.45) is 2.02. The van der Waals surface area contributed by atoms with Crippen LogP contribution in [0.3, 0.4) is 0 Å². The number of hydrogen-bond donors (Lipinski definition) is 0. The molecule has 3 rings (SSSR count). The Morgan fingerprint density at radius 3 is 1.96 bits per heavy atom. The Morgan fingerprint density at radius 1 is 1.00 bits per heavy atom. The third kappa shape index (κ3) is 3.95. The molecule has 4 atom stereocenters. The molecule has 0 spiro atoms. The molecule has 0 saturated carbocycles. The molecule has 1 saturated heterocycles. The van der Waals surface area contributed by atoms with Gasteiger partial charge in [-0.2, -0.15) is 0 Å². The molecular weight excluding hydrogens is 292 g/mol. The number of nitrogens with zero attached hydrogens (tertiary/aromatic N) is 2. The van der Waals surface area contributed by atoms with Crippen LogP contribution in [-0.2, 0) is 13.1 Å². The Bertz CT molecular complexity index is 596. The minimum Gasteiger partial charge on any atom is -0.291 e. The van der Waals surface area contributed by atoms with Gasteiger partial charge in [0, 0.05) is 37.8 Å². The van der Waals surface area contributed by atoms with Crippen LogP contribution in [0.25, 0.3) is 0 Å². The molecule has 0 bridgehead atoms. The summed E-state index contributed by atoms with van der Waals surface area (Å²) >= 11 is 0. The first-order valence-electron chi connectivity index (χ1n) is 8.89. The molecule has 0 amide bonds. The fraction of sp³-hybridized carbons (Fsp3) is 0.364. The average Bonchev–Trinajstić information content (AvgIpc) is 3.25. The first-order valence-corrected chi connectivity index (χ1v) is 8.89. The molecule has 2 heteroatoms. The highest BCUT2D eigenvalue weighted by molar-refractivity contribution is 5.18. The molecule has 0 N–H and O–H groups in total. The summed E-state index contributed by atoms with van der Waals surface area (Å²) in [5.74, 6) is 0. The maximum atomic E-state index is 3.89. The Labute approximate surface area is 146 Å². The molecule has 24 heavy (non-hydrogen) atoms. The lowest BCUT2D eigenvalue weighted by atomic mass is 10.1. The second kappa shape index (κ2) is 7.78. The van der Waals surface area contributed by atoms with E-state index in [2.05, 4.69) is 90.9 Å². The molecule has 1 aliphatic heterocycles. The van der Waals surface area contributed by atoms with Gasteiger partial charge < -0.3 is 0 Å². The van der Waals surface area contributed by atoms with Crippen molar-refractivity contribution in [1.29, 1.82) is 0 Å². The van der Waals surface area contributed by atoms with Crippen molar-refractivity contribution in [1.82, 2.24) is 9.80 Å². The van der Waals surface area contributed by atoms with E-state index in [0.717, 1.165) is 19.6 Å². The average molecular weight is 320 g/mol. The highest BCUT2D eigenvalue weighted by Crippen LogP contribution is 2.33. The van der Waals surface area contributed by atoms with E-state index in [-0.39, 0.29) is 0 Å². The molecule has 1 heterocycles. The Balaban J connectivity index is 1.75. The SMILES string of the molecule is C=CCN1[C@@H]([C@@H](C)N(Cc2ccccc2)Cc2ccccc2)[C@@H]1C. The molecular formula is C22H28N2. The van der Waals surface area contributed by atoms with E-state index in [1.807, 2.05) is 6.08 Å². The quantitative estimate of drug-likeness (QED) is 0.527. The van der Waals surface area contributed by atoms with Crippen molar-refractivity contribution in [3.8, 4) is 0 Å². The lowest BCUT2D eigenvalue weighted by Crippen LogP contribution is -2.37. The third-order valence-electron chi connectivity index (χ3n) is 5.18. The van der Waals surface area contributed by atoms with Crippen LogP contribution in [-0.4, -0.2) is 34.5 Å². The molecule has 0 aromatic heterocycles. The molecule has 0 radical (unpaired) electrons. The van der Waals surface area contributed by atoms with Crippen molar-refractivity contribution in [3.05, 3.63) is 84.4 Å². The van der Waals surface area contributed by atoms with Crippen LogP contribution in [0.5, 0.6) is 0 Å². The first-order chi connectivity index (χ1) is 11.7. The molecule has 2 nitrogen and oxygen atoms in total. The molecule has 126 valence electrons. The third-order valence-corrected chi connectivity index (χ3v) is 5.18. The fourth-order valence-electron chi connectivity index (χ4n) is 3.75. The number of benzene rings is 2. The molecule has 2 aromatic carbocycles. The van der Waals surface area contributed by atoms with E-state index < -0.39 is 0 Å². The van der Waals surface area contributed by atoms with Gasteiger partial charge in [0.1, 0.15) is 0 Å². The summed E-state index contributed by atoms with van der Waals surface area (Å²) in [5, 5.41) is 0. The zero-order valence-electron chi connectivity index (χ0n) is 14.8. The largest absolute Gasteiger partial charge is 0.291 e. The summed E-state index contributed by atoms with van der Waals surface area (Å²) in [6, 6.07) is 23.4. The van der Waals surface area contributed by atoms with Crippen molar-refractivity contribution in [2.75, 3.05) is 6.54 Å². The maximum absolute atomic E-state index is 3.89. The van der Waals surface area contributed by atoms with E-state index in [0.29, 0.717) is 18.1 Å². The smallest absolute Gasteiger partial charge is 0.0409 e. The normalized spacial score (nSPS) is 23.9. The monoisotopic (exact) mass is 320 g/mol. The Hall–Kier alpha value is -1.90. The second-order valence-corrected chi connectivity index (χ2v) is 6.83. The van der Waals surface area contributed by atoms with E-state index in [1.54, 1.807) is 0 Å². The van der Waals surface area contributed by atoms with Crippen molar-refractivity contribution in [2.24, 2.45) is 0 Å². The zero-order chi connectivity index (χ0) is 16.9. The van der Waals surface area contributed by atoms with Crippen LogP contribution in [0.1, 0.15) is 25.0 Å². The lowest BCUT2D eigenvalue weighted by Gasteiger charge is -2.30. The summed E-state index contributed by atoms with van der Waals surface area (Å²) in [4.78, 5) is 5.13. The molecule has 1 fully saturated rings. The summed E-state index contributed by atoms with van der Waals surface area (Å²) < 4.78 is 0. The van der Waals surface area contributed by atoms with Crippen molar-refractivity contribution < 1.29 is 0 Å². The van der Waals surface area contributed by atoms with Gasteiger partial charge in [-0.1, -0.05) is 66.7 Å². The highest BCUT2D eigenvalue weighted by Gasteiger charge is 2.47. The van der Waals surface area contributed by atoms with Crippen molar-refractivity contribution >= 4 is 0 Å². The van der Waals surface area contributed by atoms with Crippen molar-refractivity contribution in [2.45, 2.75) is 45.1 Å². The summed E-state index contributed by atoms with van der Waals surface area (Å²) in [7, 11) is 0.